The first kappa shape index (κ1) is 19.8. The van der Waals surface area contributed by atoms with E-state index in [0.717, 1.165) is 22.4 Å². The Morgan fingerprint density at radius 1 is 0.938 bits per heavy atom. The number of nitrogens with zero attached hydrogens (tertiary/aromatic N) is 2. The zero-order valence-electron chi connectivity index (χ0n) is 17.7. The van der Waals surface area contributed by atoms with Gasteiger partial charge in [0.05, 0.1) is 19.0 Å². The van der Waals surface area contributed by atoms with Gasteiger partial charge < -0.3 is 9.15 Å². The van der Waals surface area contributed by atoms with Crippen LogP contribution >= 0.6 is 0 Å². The minimum Gasteiger partial charge on any atom is -0.497 e. The van der Waals surface area contributed by atoms with Crippen molar-refractivity contribution in [3.63, 3.8) is 0 Å². The average molecular weight is 424 g/mol. The molecule has 0 fully saturated rings. The smallest absolute Gasteiger partial charge is 0.269 e. The Hall–Kier alpha value is -4.19. The Kier molecular flexibility index (Phi) is 4.82. The molecule has 6 nitrogen and oxygen atoms in total. The summed E-state index contributed by atoms with van der Waals surface area (Å²) in [7, 11) is 1.60. The molecule has 5 rings (SSSR count). The fourth-order valence-corrected chi connectivity index (χ4v) is 3.87. The van der Waals surface area contributed by atoms with Crippen molar-refractivity contribution in [2.45, 2.75) is 13.5 Å². The van der Waals surface area contributed by atoms with Crippen LogP contribution in [0.4, 0.5) is 0 Å². The normalized spacial score (nSPS) is 11.2. The number of aryl methyl sites for hydroxylation is 1. The molecule has 0 bridgehead atoms. The summed E-state index contributed by atoms with van der Waals surface area (Å²) in [4.78, 5) is 31.5. The summed E-state index contributed by atoms with van der Waals surface area (Å²) in [6.07, 6.45) is 0. The standard InChI is InChI=1S/C26H20N2O4/c1-16-7-3-4-8-19(16)24-27-25-22(23(29)20-9-5-6-10-21(20)32-25)26(30)28(24)15-17-11-13-18(31-2)14-12-17/h3-14H,15H2,1-2H3. The van der Waals surface area contributed by atoms with Crippen molar-refractivity contribution in [1.29, 1.82) is 0 Å². The third-order valence-electron chi connectivity index (χ3n) is 5.59. The maximum absolute atomic E-state index is 13.7. The number of rotatable bonds is 4. The highest BCUT2D eigenvalue weighted by Gasteiger charge is 2.19. The van der Waals surface area contributed by atoms with Crippen LogP contribution < -0.4 is 15.7 Å². The Bertz CT molecular complexity index is 1580. The summed E-state index contributed by atoms with van der Waals surface area (Å²) in [6, 6.07) is 22.0. The molecule has 0 saturated heterocycles. The summed E-state index contributed by atoms with van der Waals surface area (Å²) >= 11 is 0. The maximum Gasteiger partial charge on any atom is 0.269 e. The van der Waals surface area contributed by atoms with Crippen molar-refractivity contribution in [1.82, 2.24) is 9.55 Å². The van der Waals surface area contributed by atoms with E-state index in [2.05, 4.69) is 4.98 Å². The second-order valence-electron chi connectivity index (χ2n) is 7.60. The molecule has 0 aliphatic rings. The van der Waals surface area contributed by atoms with Crippen LogP contribution in [0.1, 0.15) is 11.1 Å². The van der Waals surface area contributed by atoms with Crippen LogP contribution in [0, 0.1) is 6.92 Å². The van der Waals surface area contributed by atoms with E-state index in [1.165, 1.54) is 4.57 Å². The van der Waals surface area contributed by atoms with Crippen LogP contribution in [0.3, 0.4) is 0 Å². The van der Waals surface area contributed by atoms with Gasteiger partial charge in [0, 0.05) is 5.56 Å². The lowest BCUT2D eigenvalue weighted by atomic mass is 10.1. The molecule has 0 unspecified atom stereocenters. The fourth-order valence-electron chi connectivity index (χ4n) is 3.87. The van der Waals surface area contributed by atoms with Crippen LogP contribution in [0.25, 0.3) is 33.5 Å². The number of fused-ring (bicyclic) bond motifs is 2. The first-order valence-electron chi connectivity index (χ1n) is 10.2. The fraction of sp³-hybridized carbons (Fsp3) is 0.115. The lowest BCUT2D eigenvalue weighted by molar-refractivity contribution is 0.414. The minimum atomic E-state index is -0.427. The number of benzene rings is 3. The first-order chi connectivity index (χ1) is 15.6. The molecule has 0 radical (unpaired) electrons. The molecule has 158 valence electrons. The highest BCUT2D eigenvalue weighted by molar-refractivity contribution is 5.88. The van der Waals surface area contributed by atoms with Crippen molar-refractivity contribution in [3.8, 4) is 17.1 Å². The molecule has 0 spiro atoms. The van der Waals surface area contributed by atoms with Crippen molar-refractivity contribution < 1.29 is 9.15 Å². The van der Waals surface area contributed by atoms with Gasteiger partial charge in [0.2, 0.25) is 11.1 Å². The largest absolute Gasteiger partial charge is 0.497 e. The Morgan fingerprint density at radius 3 is 2.41 bits per heavy atom. The molecule has 0 aliphatic heterocycles. The van der Waals surface area contributed by atoms with Gasteiger partial charge >= 0.3 is 0 Å². The van der Waals surface area contributed by atoms with E-state index in [1.54, 1.807) is 31.4 Å². The minimum absolute atomic E-state index is 0.0444. The van der Waals surface area contributed by atoms with Gasteiger partial charge in [0.15, 0.2) is 5.39 Å². The quantitative estimate of drug-likeness (QED) is 0.396. The number of hydrogen-bond donors (Lipinski definition) is 0. The van der Waals surface area contributed by atoms with Crippen LogP contribution in [-0.2, 0) is 6.54 Å². The second-order valence-corrected chi connectivity index (χ2v) is 7.60. The van der Waals surface area contributed by atoms with Gasteiger partial charge in [-0.25, -0.2) is 0 Å². The number of aromatic nitrogens is 2. The van der Waals surface area contributed by atoms with Gasteiger partial charge in [-0.1, -0.05) is 48.5 Å². The molecule has 32 heavy (non-hydrogen) atoms. The van der Waals surface area contributed by atoms with Gasteiger partial charge in [-0.3, -0.25) is 14.2 Å². The summed E-state index contributed by atoms with van der Waals surface area (Å²) in [6.45, 7) is 2.21. The molecule has 2 aromatic heterocycles. The topological polar surface area (TPSA) is 74.3 Å². The van der Waals surface area contributed by atoms with Crippen molar-refractivity contribution in [3.05, 3.63) is 105 Å². The van der Waals surface area contributed by atoms with Crippen LogP contribution in [0.5, 0.6) is 5.75 Å². The number of ether oxygens (including phenoxy) is 1. The lowest BCUT2D eigenvalue weighted by Crippen LogP contribution is -2.28. The molecule has 0 aliphatic carbocycles. The summed E-state index contributed by atoms with van der Waals surface area (Å²) in [5.41, 5.74) is 2.29. The molecular formula is C26H20N2O4. The maximum atomic E-state index is 13.7. The van der Waals surface area contributed by atoms with Crippen molar-refractivity contribution >= 4 is 22.1 Å². The van der Waals surface area contributed by atoms with E-state index in [9.17, 15) is 9.59 Å². The molecule has 0 saturated carbocycles. The van der Waals surface area contributed by atoms with E-state index < -0.39 is 5.56 Å². The third-order valence-corrected chi connectivity index (χ3v) is 5.59. The molecule has 5 aromatic rings. The first-order valence-corrected chi connectivity index (χ1v) is 10.2. The second kappa shape index (κ2) is 7.81. The van der Waals surface area contributed by atoms with Gasteiger partial charge in [0.1, 0.15) is 17.2 Å². The Labute approximate surface area is 183 Å². The van der Waals surface area contributed by atoms with Crippen molar-refractivity contribution in [2.75, 3.05) is 7.11 Å². The number of para-hydroxylation sites is 1. The molecule has 6 heteroatoms. The monoisotopic (exact) mass is 424 g/mol. The van der Waals surface area contributed by atoms with Gasteiger partial charge in [-0.2, -0.15) is 4.98 Å². The van der Waals surface area contributed by atoms with E-state index in [1.807, 2.05) is 55.5 Å². The number of methoxy groups -OCH3 is 1. The van der Waals surface area contributed by atoms with Gasteiger partial charge in [-0.15, -0.1) is 0 Å². The van der Waals surface area contributed by atoms with Crippen LogP contribution in [0.2, 0.25) is 0 Å². The molecule has 0 atom stereocenters. The molecule has 0 amide bonds. The van der Waals surface area contributed by atoms with E-state index in [4.69, 9.17) is 9.15 Å². The summed E-state index contributed by atoms with van der Waals surface area (Å²) in [5.74, 6) is 1.18. The van der Waals surface area contributed by atoms with E-state index >= 15 is 0 Å². The van der Waals surface area contributed by atoms with Crippen LogP contribution in [0.15, 0.2) is 86.8 Å². The van der Waals surface area contributed by atoms with Crippen LogP contribution in [-0.4, -0.2) is 16.7 Å². The predicted molar refractivity (Wildman–Crippen MR) is 124 cm³/mol. The molecule has 2 heterocycles. The highest BCUT2D eigenvalue weighted by atomic mass is 16.5. The zero-order valence-corrected chi connectivity index (χ0v) is 17.7. The molecule has 0 N–H and O–H groups in total. The summed E-state index contributed by atoms with van der Waals surface area (Å²) in [5, 5.41) is 0.313. The predicted octanol–water partition coefficient (Wildman–Crippen LogP) is 4.54. The summed E-state index contributed by atoms with van der Waals surface area (Å²) < 4.78 is 12.7. The SMILES string of the molecule is COc1ccc(Cn2c(-c3ccccc3C)nc3oc4ccccc4c(=O)c3c2=O)cc1. The van der Waals surface area contributed by atoms with Crippen molar-refractivity contribution in [2.24, 2.45) is 0 Å². The molecule has 3 aromatic carbocycles. The number of hydrogen-bond acceptors (Lipinski definition) is 5. The molecular weight excluding hydrogens is 404 g/mol. The average Bonchev–Trinajstić information content (AvgIpc) is 2.81. The van der Waals surface area contributed by atoms with E-state index in [-0.39, 0.29) is 23.1 Å². The Balaban J connectivity index is 1.83. The lowest BCUT2D eigenvalue weighted by Gasteiger charge is -2.15. The zero-order chi connectivity index (χ0) is 22.2. The third kappa shape index (κ3) is 3.26. The van der Waals surface area contributed by atoms with Gasteiger partial charge in [0.25, 0.3) is 5.56 Å². The Morgan fingerprint density at radius 2 is 1.66 bits per heavy atom. The van der Waals surface area contributed by atoms with E-state index in [0.29, 0.717) is 16.8 Å². The highest BCUT2D eigenvalue weighted by Crippen LogP contribution is 2.24. The van der Waals surface area contributed by atoms with Gasteiger partial charge in [-0.05, 0) is 42.3 Å².